The standard InChI is InChI=1S/C14H16F2N4O3/c1-8(13-19-11(20-23-13)6-7-22-2)17-14(21)18-10-5-3-4-9(15)12(10)16/h3-5,8H,6-7H2,1-2H3,(H2,17,18,21)/t8-/m1/s1. The number of carbonyl (C=O) groups is 1. The van der Waals surface area contributed by atoms with Gasteiger partial charge in [0.1, 0.15) is 6.04 Å². The Bertz CT molecular complexity index is 678. The molecule has 0 radical (unpaired) electrons. The fraction of sp³-hybridized carbons (Fsp3) is 0.357. The summed E-state index contributed by atoms with van der Waals surface area (Å²) in [6, 6.07) is 2.17. The molecule has 0 saturated heterocycles. The van der Waals surface area contributed by atoms with Crippen molar-refractivity contribution in [2.45, 2.75) is 19.4 Å². The number of urea groups is 1. The Kier molecular flexibility index (Phi) is 5.58. The molecule has 7 nitrogen and oxygen atoms in total. The summed E-state index contributed by atoms with van der Waals surface area (Å²) in [6.45, 7) is 2.06. The summed E-state index contributed by atoms with van der Waals surface area (Å²) >= 11 is 0. The first-order chi connectivity index (χ1) is 11.0. The van der Waals surface area contributed by atoms with E-state index in [2.05, 4.69) is 20.8 Å². The van der Waals surface area contributed by atoms with Gasteiger partial charge in [-0.05, 0) is 19.1 Å². The predicted octanol–water partition coefficient (Wildman–Crippen LogP) is 2.42. The molecule has 124 valence electrons. The minimum absolute atomic E-state index is 0.200. The summed E-state index contributed by atoms with van der Waals surface area (Å²) < 4.78 is 36.5. The van der Waals surface area contributed by atoms with Gasteiger partial charge in [-0.1, -0.05) is 11.2 Å². The summed E-state index contributed by atoms with van der Waals surface area (Å²) in [6.07, 6.45) is 0.480. The third-order valence-electron chi connectivity index (χ3n) is 2.93. The Labute approximate surface area is 131 Å². The molecule has 1 atom stereocenters. The van der Waals surface area contributed by atoms with E-state index in [0.29, 0.717) is 18.9 Å². The van der Waals surface area contributed by atoms with Crippen LogP contribution in [0.4, 0.5) is 19.3 Å². The normalized spacial score (nSPS) is 12.0. The average molecular weight is 326 g/mol. The molecule has 1 heterocycles. The Hall–Kier alpha value is -2.55. The van der Waals surface area contributed by atoms with Gasteiger partial charge in [-0.15, -0.1) is 0 Å². The van der Waals surface area contributed by atoms with Gasteiger partial charge in [0.25, 0.3) is 0 Å². The van der Waals surface area contributed by atoms with E-state index in [9.17, 15) is 13.6 Å². The Morgan fingerprint density at radius 3 is 2.96 bits per heavy atom. The van der Waals surface area contributed by atoms with E-state index in [1.165, 1.54) is 12.1 Å². The van der Waals surface area contributed by atoms with Gasteiger partial charge in [0.2, 0.25) is 5.89 Å². The first kappa shape index (κ1) is 16.8. The van der Waals surface area contributed by atoms with Gasteiger partial charge in [-0.25, -0.2) is 13.6 Å². The van der Waals surface area contributed by atoms with Gasteiger partial charge in [-0.3, -0.25) is 0 Å². The zero-order chi connectivity index (χ0) is 16.8. The van der Waals surface area contributed by atoms with Gasteiger partial charge in [0, 0.05) is 13.5 Å². The van der Waals surface area contributed by atoms with E-state index in [4.69, 9.17) is 9.26 Å². The van der Waals surface area contributed by atoms with Crippen LogP contribution in [0.3, 0.4) is 0 Å². The number of rotatable bonds is 6. The van der Waals surface area contributed by atoms with Gasteiger partial charge in [0.05, 0.1) is 12.3 Å². The first-order valence-corrected chi connectivity index (χ1v) is 6.84. The lowest BCUT2D eigenvalue weighted by Gasteiger charge is -2.11. The molecule has 2 aromatic rings. The van der Waals surface area contributed by atoms with Crippen LogP contribution in [0.1, 0.15) is 24.7 Å². The van der Waals surface area contributed by atoms with Crippen LogP contribution in [0.15, 0.2) is 22.7 Å². The van der Waals surface area contributed by atoms with Crippen LogP contribution >= 0.6 is 0 Å². The average Bonchev–Trinajstić information content (AvgIpc) is 2.99. The van der Waals surface area contributed by atoms with Crippen LogP contribution in [-0.4, -0.2) is 29.9 Å². The van der Waals surface area contributed by atoms with Gasteiger partial charge < -0.3 is 19.9 Å². The van der Waals surface area contributed by atoms with Crippen molar-refractivity contribution < 1.29 is 22.8 Å². The topological polar surface area (TPSA) is 89.3 Å². The highest BCUT2D eigenvalue weighted by Gasteiger charge is 2.18. The molecule has 0 bridgehead atoms. The van der Waals surface area contributed by atoms with Crippen LogP contribution in [0.2, 0.25) is 0 Å². The van der Waals surface area contributed by atoms with Gasteiger partial charge in [-0.2, -0.15) is 4.98 Å². The number of halogens is 2. The number of hydrogen-bond acceptors (Lipinski definition) is 5. The number of nitrogens with one attached hydrogen (secondary N) is 2. The minimum Gasteiger partial charge on any atom is -0.384 e. The number of hydrogen-bond donors (Lipinski definition) is 2. The number of methoxy groups -OCH3 is 1. The Morgan fingerprint density at radius 2 is 2.22 bits per heavy atom. The number of anilines is 1. The zero-order valence-electron chi connectivity index (χ0n) is 12.6. The molecule has 2 rings (SSSR count). The molecular weight excluding hydrogens is 310 g/mol. The highest BCUT2D eigenvalue weighted by molar-refractivity contribution is 5.89. The predicted molar refractivity (Wildman–Crippen MR) is 76.8 cm³/mol. The van der Waals surface area contributed by atoms with Crippen molar-refractivity contribution in [2.75, 3.05) is 19.0 Å². The number of nitrogens with zero attached hydrogens (tertiary/aromatic N) is 2. The number of benzene rings is 1. The second-order valence-corrected chi connectivity index (χ2v) is 4.71. The van der Waals surface area contributed by atoms with Crippen molar-refractivity contribution in [3.8, 4) is 0 Å². The smallest absolute Gasteiger partial charge is 0.319 e. The number of aromatic nitrogens is 2. The molecule has 0 saturated carbocycles. The maximum atomic E-state index is 13.5. The van der Waals surface area contributed by atoms with Crippen LogP contribution in [0, 0.1) is 11.6 Å². The van der Waals surface area contributed by atoms with E-state index >= 15 is 0 Å². The van der Waals surface area contributed by atoms with Crippen molar-refractivity contribution in [2.24, 2.45) is 0 Å². The molecular formula is C14H16F2N4O3. The molecule has 0 aliphatic carbocycles. The molecule has 23 heavy (non-hydrogen) atoms. The van der Waals surface area contributed by atoms with E-state index in [-0.39, 0.29) is 11.6 Å². The maximum Gasteiger partial charge on any atom is 0.319 e. The lowest BCUT2D eigenvalue weighted by Crippen LogP contribution is -2.31. The van der Waals surface area contributed by atoms with E-state index in [0.717, 1.165) is 6.07 Å². The fourth-order valence-corrected chi connectivity index (χ4v) is 1.76. The monoisotopic (exact) mass is 326 g/mol. The molecule has 2 N–H and O–H groups in total. The quantitative estimate of drug-likeness (QED) is 0.851. The second kappa shape index (κ2) is 7.63. The third-order valence-corrected chi connectivity index (χ3v) is 2.93. The van der Waals surface area contributed by atoms with Crippen LogP contribution in [0.5, 0.6) is 0 Å². The lowest BCUT2D eigenvalue weighted by atomic mass is 10.3. The lowest BCUT2D eigenvalue weighted by molar-refractivity contribution is 0.199. The van der Waals surface area contributed by atoms with Gasteiger partial charge in [0.15, 0.2) is 17.5 Å². The molecule has 1 aromatic carbocycles. The van der Waals surface area contributed by atoms with Crippen molar-refractivity contribution in [1.82, 2.24) is 15.5 Å². The van der Waals surface area contributed by atoms with Crippen molar-refractivity contribution in [1.29, 1.82) is 0 Å². The molecule has 0 aliphatic heterocycles. The molecule has 1 aromatic heterocycles. The summed E-state index contributed by atoms with van der Waals surface area (Å²) in [5.74, 6) is -1.52. The third kappa shape index (κ3) is 4.46. The first-order valence-electron chi connectivity index (χ1n) is 6.84. The summed E-state index contributed by atoms with van der Waals surface area (Å²) in [4.78, 5) is 15.9. The van der Waals surface area contributed by atoms with Crippen molar-refractivity contribution >= 4 is 11.7 Å². The van der Waals surface area contributed by atoms with E-state index in [1.807, 2.05) is 0 Å². The van der Waals surface area contributed by atoms with Crippen molar-refractivity contribution in [3.63, 3.8) is 0 Å². The van der Waals surface area contributed by atoms with Crippen LogP contribution in [-0.2, 0) is 11.2 Å². The Morgan fingerprint density at radius 1 is 1.43 bits per heavy atom. The summed E-state index contributed by atoms with van der Waals surface area (Å²) in [5, 5.41) is 8.46. The number of amides is 2. The minimum atomic E-state index is -1.13. The van der Waals surface area contributed by atoms with Gasteiger partial charge >= 0.3 is 6.03 Å². The molecule has 0 fully saturated rings. The molecule has 0 spiro atoms. The summed E-state index contributed by atoms with van der Waals surface area (Å²) in [5.41, 5.74) is -0.263. The SMILES string of the molecule is COCCc1noc([C@@H](C)NC(=O)Nc2cccc(F)c2F)n1. The van der Waals surface area contributed by atoms with Crippen molar-refractivity contribution in [3.05, 3.63) is 41.5 Å². The molecule has 9 heteroatoms. The van der Waals surface area contributed by atoms with Crippen LogP contribution < -0.4 is 10.6 Å². The zero-order valence-corrected chi connectivity index (χ0v) is 12.6. The van der Waals surface area contributed by atoms with E-state index < -0.39 is 23.7 Å². The second-order valence-electron chi connectivity index (χ2n) is 4.71. The Balaban J connectivity index is 1.94. The van der Waals surface area contributed by atoms with E-state index in [1.54, 1.807) is 14.0 Å². The molecule has 2 amide bonds. The fourth-order valence-electron chi connectivity index (χ4n) is 1.76. The number of ether oxygens (including phenoxy) is 1. The highest BCUT2D eigenvalue weighted by atomic mass is 19.2. The molecule has 0 aliphatic rings. The summed E-state index contributed by atoms with van der Waals surface area (Å²) in [7, 11) is 1.56. The number of carbonyl (C=O) groups excluding carboxylic acids is 1. The largest absolute Gasteiger partial charge is 0.384 e. The van der Waals surface area contributed by atoms with Crippen LogP contribution in [0.25, 0.3) is 0 Å². The maximum absolute atomic E-state index is 13.5. The molecule has 0 unspecified atom stereocenters. The highest BCUT2D eigenvalue weighted by Crippen LogP contribution is 2.17.